The van der Waals surface area contributed by atoms with E-state index in [-0.39, 0.29) is 0 Å². The van der Waals surface area contributed by atoms with Crippen LogP contribution in [0, 0.1) is 0 Å². The minimum Gasteiger partial charge on any atom is -0.496 e. The molecule has 0 aliphatic heterocycles. The van der Waals surface area contributed by atoms with Crippen molar-refractivity contribution in [2.75, 3.05) is 14.2 Å². The lowest BCUT2D eigenvalue weighted by Gasteiger charge is -2.17. The highest BCUT2D eigenvalue weighted by Gasteiger charge is 2.37. The Bertz CT molecular complexity index is 395. The Balaban J connectivity index is 2.23. The van der Waals surface area contributed by atoms with Crippen LogP contribution in [0.25, 0.3) is 0 Å². The lowest BCUT2D eigenvalue weighted by atomic mass is 9.95. The molecule has 1 aromatic rings. The van der Waals surface area contributed by atoms with Gasteiger partial charge in [0.25, 0.3) is 0 Å². The van der Waals surface area contributed by atoms with E-state index < -0.39 is 0 Å². The van der Waals surface area contributed by atoms with Gasteiger partial charge in [-0.25, -0.2) is 0 Å². The van der Waals surface area contributed by atoms with Gasteiger partial charge in [-0.15, -0.1) is 0 Å². The van der Waals surface area contributed by atoms with E-state index in [0.717, 1.165) is 11.5 Å². The van der Waals surface area contributed by atoms with Crippen molar-refractivity contribution in [2.24, 2.45) is 0 Å². The zero-order chi connectivity index (χ0) is 10.4. The van der Waals surface area contributed by atoms with Crippen LogP contribution in [0.1, 0.15) is 29.4 Å². The number of ether oxygens (including phenoxy) is 2. The zero-order valence-corrected chi connectivity index (χ0v) is 8.99. The molecule has 0 fully saturated rings. The summed E-state index contributed by atoms with van der Waals surface area (Å²) >= 11 is 0. The fraction of sp³-hybridized carbons (Fsp3) is 0.385. The average Bonchev–Trinajstić information content (AvgIpc) is 2.88. The molecule has 1 aromatic carbocycles. The van der Waals surface area contributed by atoms with Crippen LogP contribution in [0.4, 0.5) is 0 Å². The second-order valence-electron chi connectivity index (χ2n) is 4.13. The molecular formula is C13H14O2. The van der Waals surface area contributed by atoms with Crippen LogP contribution in [-0.4, -0.2) is 14.2 Å². The summed E-state index contributed by atoms with van der Waals surface area (Å²) in [6.45, 7) is 0. The molecule has 2 aliphatic carbocycles. The van der Waals surface area contributed by atoms with E-state index >= 15 is 0 Å². The maximum atomic E-state index is 5.42. The van der Waals surface area contributed by atoms with Gasteiger partial charge >= 0.3 is 0 Å². The van der Waals surface area contributed by atoms with Crippen molar-refractivity contribution in [3.05, 3.63) is 35.4 Å². The summed E-state index contributed by atoms with van der Waals surface area (Å²) in [6.07, 6.45) is 5.76. The van der Waals surface area contributed by atoms with Crippen LogP contribution in [0.3, 0.4) is 0 Å². The van der Waals surface area contributed by atoms with Crippen molar-refractivity contribution >= 4 is 0 Å². The Labute approximate surface area is 89.5 Å². The molecule has 15 heavy (non-hydrogen) atoms. The third-order valence-electron chi connectivity index (χ3n) is 3.47. The molecule has 0 saturated carbocycles. The first-order valence-corrected chi connectivity index (χ1v) is 5.28. The fourth-order valence-corrected chi connectivity index (χ4v) is 2.84. The van der Waals surface area contributed by atoms with E-state index in [4.69, 9.17) is 9.47 Å². The van der Waals surface area contributed by atoms with Gasteiger partial charge in [-0.2, -0.15) is 0 Å². The van der Waals surface area contributed by atoms with E-state index in [0.29, 0.717) is 11.8 Å². The van der Waals surface area contributed by atoms with Gasteiger partial charge in [-0.1, -0.05) is 12.2 Å². The summed E-state index contributed by atoms with van der Waals surface area (Å²) < 4.78 is 10.8. The molecule has 0 amide bonds. The molecule has 78 valence electrons. The van der Waals surface area contributed by atoms with Crippen molar-refractivity contribution in [2.45, 2.75) is 18.3 Å². The second kappa shape index (κ2) is 3.02. The first-order valence-electron chi connectivity index (χ1n) is 5.28. The molecule has 3 rings (SSSR count). The maximum Gasteiger partial charge on any atom is 0.123 e. The third-order valence-corrected chi connectivity index (χ3v) is 3.47. The van der Waals surface area contributed by atoms with Gasteiger partial charge in [0.05, 0.1) is 14.2 Å². The van der Waals surface area contributed by atoms with Gasteiger partial charge < -0.3 is 9.47 Å². The maximum absolute atomic E-state index is 5.42. The molecule has 2 nitrogen and oxygen atoms in total. The number of hydrogen-bond donors (Lipinski definition) is 0. The van der Waals surface area contributed by atoms with Crippen LogP contribution in [0.15, 0.2) is 24.3 Å². The standard InChI is InChI=1S/C13H14O2/c1-14-10-5-6-11(15-2)13-9-4-3-8(7-9)12(10)13/h3-6,8-9H,7H2,1-2H3/t8-,9+. The van der Waals surface area contributed by atoms with Gasteiger partial charge in [0.15, 0.2) is 0 Å². The highest BCUT2D eigenvalue weighted by Crippen LogP contribution is 2.54. The van der Waals surface area contributed by atoms with Crippen molar-refractivity contribution in [1.29, 1.82) is 0 Å². The van der Waals surface area contributed by atoms with Crippen molar-refractivity contribution in [3.63, 3.8) is 0 Å². The summed E-state index contributed by atoms with van der Waals surface area (Å²) in [7, 11) is 3.47. The largest absolute Gasteiger partial charge is 0.496 e. The van der Waals surface area contributed by atoms with Crippen molar-refractivity contribution < 1.29 is 9.47 Å². The van der Waals surface area contributed by atoms with E-state index in [1.165, 1.54) is 17.5 Å². The summed E-state index contributed by atoms with van der Waals surface area (Å²) in [5.74, 6) is 3.08. The lowest BCUT2D eigenvalue weighted by molar-refractivity contribution is 0.396. The molecule has 2 atom stereocenters. The lowest BCUT2D eigenvalue weighted by Crippen LogP contribution is -2.00. The Morgan fingerprint density at radius 3 is 1.80 bits per heavy atom. The Hall–Kier alpha value is -1.44. The van der Waals surface area contributed by atoms with Crippen LogP contribution in [0.5, 0.6) is 11.5 Å². The molecule has 0 saturated heterocycles. The average molecular weight is 202 g/mol. The number of methoxy groups -OCH3 is 2. The quantitative estimate of drug-likeness (QED) is 0.686. The normalized spacial score (nSPS) is 25.5. The predicted octanol–water partition coefficient (Wildman–Crippen LogP) is 2.84. The molecule has 2 heteroatoms. The fourth-order valence-electron chi connectivity index (χ4n) is 2.84. The number of benzene rings is 1. The summed E-state index contributed by atoms with van der Waals surface area (Å²) in [5.41, 5.74) is 2.67. The number of rotatable bonds is 2. The SMILES string of the molecule is COc1ccc(OC)c2c1[C@@H]1C=C[C@H]2C1. The number of allylic oxidation sites excluding steroid dienone is 2. The summed E-state index contributed by atoms with van der Waals surface area (Å²) in [6, 6.07) is 4.01. The van der Waals surface area contributed by atoms with Crippen molar-refractivity contribution in [1.82, 2.24) is 0 Å². The molecule has 0 spiro atoms. The minimum atomic E-state index is 0.537. The molecule has 2 aliphatic rings. The predicted molar refractivity (Wildman–Crippen MR) is 58.8 cm³/mol. The smallest absolute Gasteiger partial charge is 0.123 e. The van der Waals surface area contributed by atoms with Gasteiger partial charge in [0.1, 0.15) is 11.5 Å². The van der Waals surface area contributed by atoms with E-state index in [9.17, 15) is 0 Å². The topological polar surface area (TPSA) is 18.5 Å². The Kier molecular flexibility index (Phi) is 1.78. The van der Waals surface area contributed by atoms with E-state index in [1.54, 1.807) is 14.2 Å². The van der Waals surface area contributed by atoms with E-state index in [2.05, 4.69) is 12.2 Å². The molecule has 0 aromatic heterocycles. The summed E-state index contributed by atoms with van der Waals surface area (Å²) in [5, 5.41) is 0. The highest BCUT2D eigenvalue weighted by atomic mass is 16.5. The minimum absolute atomic E-state index is 0.537. The molecule has 2 bridgehead atoms. The Morgan fingerprint density at radius 1 is 0.933 bits per heavy atom. The van der Waals surface area contributed by atoms with Crippen LogP contribution >= 0.6 is 0 Å². The molecule has 0 N–H and O–H groups in total. The monoisotopic (exact) mass is 202 g/mol. The second-order valence-corrected chi connectivity index (χ2v) is 4.13. The van der Waals surface area contributed by atoms with Gasteiger partial charge in [0, 0.05) is 23.0 Å². The Morgan fingerprint density at radius 2 is 1.40 bits per heavy atom. The molecule has 0 unspecified atom stereocenters. The molecule has 0 radical (unpaired) electrons. The van der Waals surface area contributed by atoms with Gasteiger partial charge in [0.2, 0.25) is 0 Å². The molecule has 0 heterocycles. The number of fused-ring (bicyclic) bond motifs is 5. The highest BCUT2D eigenvalue weighted by molar-refractivity contribution is 5.60. The van der Waals surface area contributed by atoms with Crippen LogP contribution in [-0.2, 0) is 0 Å². The zero-order valence-electron chi connectivity index (χ0n) is 8.99. The van der Waals surface area contributed by atoms with Gasteiger partial charge in [-0.05, 0) is 18.6 Å². The number of hydrogen-bond acceptors (Lipinski definition) is 2. The third kappa shape index (κ3) is 1.05. The van der Waals surface area contributed by atoms with Crippen LogP contribution < -0.4 is 9.47 Å². The van der Waals surface area contributed by atoms with Crippen LogP contribution in [0.2, 0.25) is 0 Å². The van der Waals surface area contributed by atoms with Gasteiger partial charge in [-0.3, -0.25) is 0 Å². The van der Waals surface area contributed by atoms with E-state index in [1.807, 2.05) is 12.1 Å². The first kappa shape index (κ1) is 8.84. The molecular weight excluding hydrogens is 188 g/mol. The first-order chi connectivity index (χ1) is 7.35. The summed E-state index contributed by atoms with van der Waals surface area (Å²) in [4.78, 5) is 0. The van der Waals surface area contributed by atoms with Crippen molar-refractivity contribution in [3.8, 4) is 11.5 Å².